The fourth-order valence-electron chi connectivity index (χ4n) is 1.76. The summed E-state index contributed by atoms with van der Waals surface area (Å²) in [4.78, 5) is 24.2. The molecule has 2 aromatic rings. The van der Waals surface area contributed by atoms with Crippen molar-refractivity contribution in [2.45, 2.75) is 20.0 Å². The first kappa shape index (κ1) is 18.4. The fourth-order valence-corrected chi connectivity index (χ4v) is 2.36. The molecule has 1 heterocycles. The zero-order chi connectivity index (χ0) is 18.0. The third-order valence-corrected chi connectivity index (χ3v) is 4.05. The van der Waals surface area contributed by atoms with Crippen LogP contribution in [0.4, 0.5) is 11.6 Å². The average Bonchev–Trinajstić information content (AvgIpc) is 2.83. The van der Waals surface area contributed by atoms with E-state index in [1.165, 1.54) is 26.0 Å². The highest BCUT2D eigenvalue weighted by Gasteiger charge is 2.25. The second kappa shape index (κ2) is 7.29. The highest BCUT2D eigenvalue weighted by Crippen LogP contribution is 2.32. The maximum Gasteiger partial charge on any atom is 0.346 e. The number of benzene rings is 1. The van der Waals surface area contributed by atoms with Gasteiger partial charge in [-0.05, 0) is 26.0 Å². The number of carbonyl (C=O) groups excluding carboxylic acids is 2. The molecule has 1 aromatic carbocycles. The van der Waals surface area contributed by atoms with Crippen molar-refractivity contribution in [2.75, 3.05) is 11.1 Å². The lowest BCUT2D eigenvalue weighted by Gasteiger charge is -2.14. The Morgan fingerprint density at radius 1 is 1.25 bits per heavy atom. The van der Waals surface area contributed by atoms with Gasteiger partial charge >= 0.3 is 5.97 Å². The quantitative estimate of drug-likeness (QED) is 0.606. The minimum atomic E-state index is -1.13. The SMILES string of the molecule is Cc1noc(N)c1C(=O)OC(C)C(=O)Nc1cc(Cl)c(Cl)cc1Cl. The van der Waals surface area contributed by atoms with Gasteiger partial charge in [0.1, 0.15) is 5.56 Å². The summed E-state index contributed by atoms with van der Waals surface area (Å²) < 4.78 is 9.73. The van der Waals surface area contributed by atoms with Gasteiger partial charge in [0.05, 0.1) is 26.4 Å². The lowest BCUT2D eigenvalue weighted by Crippen LogP contribution is -2.30. The van der Waals surface area contributed by atoms with E-state index in [9.17, 15) is 9.59 Å². The predicted octanol–water partition coefficient (Wildman–Crippen LogP) is 3.71. The van der Waals surface area contributed by atoms with E-state index >= 15 is 0 Å². The van der Waals surface area contributed by atoms with E-state index in [2.05, 4.69) is 15.0 Å². The monoisotopic (exact) mass is 391 g/mol. The van der Waals surface area contributed by atoms with Crippen molar-refractivity contribution in [3.63, 3.8) is 0 Å². The van der Waals surface area contributed by atoms with Crippen LogP contribution in [0, 0.1) is 6.92 Å². The molecule has 10 heteroatoms. The Balaban J connectivity index is 2.08. The summed E-state index contributed by atoms with van der Waals surface area (Å²) in [6.07, 6.45) is -1.13. The van der Waals surface area contributed by atoms with Crippen LogP contribution in [0.1, 0.15) is 23.0 Å². The molecule has 128 valence electrons. The van der Waals surface area contributed by atoms with E-state index < -0.39 is 18.0 Å². The number of nitrogen functional groups attached to an aromatic ring is 1. The number of hydrogen-bond acceptors (Lipinski definition) is 6. The topological polar surface area (TPSA) is 107 Å². The standard InChI is InChI=1S/C14H12Cl3N3O4/c1-5-11(12(18)24-20-5)14(22)23-6(2)13(21)19-10-4-8(16)7(15)3-9(10)17/h3-4,6H,18H2,1-2H3,(H,19,21). The highest BCUT2D eigenvalue weighted by atomic mass is 35.5. The first-order chi connectivity index (χ1) is 11.2. The Labute approximate surface area is 152 Å². The summed E-state index contributed by atoms with van der Waals surface area (Å²) in [5.41, 5.74) is 5.96. The Bertz CT molecular complexity index is 787. The third kappa shape index (κ3) is 3.92. The molecular weight excluding hydrogens is 381 g/mol. The number of ether oxygens (including phenoxy) is 1. The van der Waals surface area contributed by atoms with E-state index in [1.807, 2.05) is 0 Å². The Hall–Kier alpha value is -1.96. The van der Waals surface area contributed by atoms with Gasteiger partial charge in [0.2, 0.25) is 5.88 Å². The van der Waals surface area contributed by atoms with E-state index in [1.54, 1.807) is 0 Å². The van der Waals surface area contributed by atoms with Crippen molar-refractivity contribution in [3.05, 3.63) is 38.5 Å². The van der Waals surface area contributed by atoms with Crippen LogP contribution in [-0.4, -0.2) is 23.1 Å². The molecule has 0 saturated carbocycles. The molecule has 1 amide bonds. The molecule has 0 aliphatic rings. The molecule has 0 aliphatic carbocycles. The summed E-state index contributed by atoms with van der Waals surface area (Å²) in [6.45, 7) is 2.91. The Morgan fingerprint density at radius 2 is 1.88 bits per heavy atom. The van der Waals surface area contributed by atoms with Crippen molar-refractivity contribution in [2.24, 2.45) is 0 Å². The number of esters is 1. The fraction of sp³-hybridized carbons (Fsp3) is 0.214. The van der Waals surface area contributed by atoms with Crippen LogP contribution >= 0.6 is 34.8 Å². The molecule has 1 aromatic heterocycles. The lowest BCUT2D eigenvalue weighted by atomic mass is 10.2. The number of rotatable bonds is 4. The van der Waals surface area contributed by atoms with Crippen molar-refractivity contribution in [1.82, 2.24) is 5.16 Å². The van der Waals surface area contributed by atoms with Gasteiger partial charge < -0.3 is 20.3 Å². The minimum absolute atomic E-state index is 0.0257. The lowest BCUT2D eigenvalue weighted by molar-refractivity contribution is -0.123. The molecule has 0 saturated heterocycles. The summed E-state index contributed by atoms with van der Waals surface area (Å²) in [5, 5.41) is 6.69. The Morgan fingerprint density at radius 3 is 2.46 bits per heavy atom. The molecule has 1 unspecified atom stereocenters. The number of aryl methyl sites for hydroxylation is 1. The molecule has 0 fully saturated rings. The zero-order valence-electron chi connectivity index (χ0n) is 12.5. The number of nitrogens with zero attached hydrogens (tertiary/aromatic N) is 1. The maximum absolute atomic E-state index is 12.1. The third-order valence-electron chi connectivity index (χ3n) is 3.01. The van der Waals surface area contributed by atoms with Crippen LogP contribution in [0.3, 0.4) is 0 Å². The van der Waals surface area contributed by atoms with Crippen molar-refractivity contribution >= 4 is 58.3 Å². The van der Waals surface area contributed by atoms with Crippen molar-refractivity contribution < 1.29 is 18.8 Å². The van der Waals surface area contributed by atoms with Gasteiger partial charge in [-0.3, -0.25) is 4.79 Å². The van der Waals surface area contributed by atoms with Crippen molar-refractivity contribution in [1.29, 1.82) is 0 Å². The Kier molecular flexibility index (Phi) is 5.58. The van der Waals surface area contributed by atoms with Crippen LogP contribution in [0.5, 0.6) is 0 Å². The highest BCUT2D eigenvalue weighted by molar-refractivity contribution is 6.44. The van der Waals surface area contributed by atoms with E-state index in [4.69, 9.17) is 45.3 Å². The molecular formula is C14H12Cl3N3O4. The van der Waals surface area contributed by atoms with Gasteiger partial charge in [-0.2, -0.15) is 0 Å². The van der Waals surface area contributed by atoms with Gasteiger partial charge in [-0.1, -0.05) is 40.0 Å². The number of nitrogens with two attached hydrogens (primary N) is 1. The van der Waals surface area contributed by atoms with Gasteiger partial charge in [0.25, 0.3) is 5.91 Å². The molecule has 0 radical (unpaired) electrons. The molecule has 24 heavy (non-hydrogen) atoms. The summed E-state index contributed by atoms with van der Waals surface area (Å²) in [6, 6.07) is 2.78. The van der Waals surface area contributed by atoms with E-state index in [0.717, 1.165) is 0 Å². The summed E-state index contributed by atoms with van der Waals surface area (Å²) >= 11 is 17.7. The van der Waals surface area contributed by atoms with E-state index in [-0.39, 0.29) is 37.9 Å². The molecule has 3 N–H and O–H groups in total. The summed E-state index contributed by atoms with van der Waals surface area (Å²) in [5.74, 6) is -1.62. The van der Waals surface area contributed by atoms with Gasteiger partial charge in [-0.25, -0.2) is 4.79 Å². The number of nitrogens with one attached hydrogen (secondary N) is 1. The second-order valence-corrected chi connectivity index (χ2v) is 6.01. The maximum atomic E-state index is 12.1. The molecule has 0 aliphatic heterocycles. The van der Waals surface area contributed by atoms with Crippen LogP contribution in [0.25, 0.3) is 0 Å². The van der Waals surface area contributed by atoms with Gasteiger partial charge in [-0.15, -0.1) is 0 Å². The van der Waals surface area contributed by atoms with Crippen LogP contribution in [0.2, 0.25) is 15.1 Å². The van der Waals surface area contributed by atoms with Crippen LogP contribution in [-0.2, 0) is 9.53 Å². The summed E-state index contributed by atoms with van der Waals surface area (Å²) in [7, 11) is 0. The second-order valence-electron chi connectivity index (χ2n) is 4.79. The number of carbonyl (C=O) groups is 2. The van der Waals surface area contributed by atoms with Crippen molar-refractivity contribution in [3.8, 4) is 0 Å². The largest absolute Gasteiger partial charge is 0.449 e. The number of aromatic nitrogens is 1. The van der Waals surface area contributed by atoms with Gasteiger partial charge in [0, 0.05) is 0 Å². The smallest absolute Gasteiger partial charge is 0.346 e. The van der Waals surface area contributed by atoms with E-state index in [0.29, 0.717) is 0 Å². The zero-order valence-corrected chi connectivity index (χ0v) is 14.8. The first-order valence-electron chi connectivity index (χ1n) is 6.58. The normalized spacial score (nSPS) is 11.9. The van der Waals surface area contributed by atoms with Crippen LogP contribution in [0.15, 0.2) is 16.7 Å². The number of hydrogen-bond donors (Lipinski definition) is 2. The molecule has 2 rings (SSSR count). The van der Waals surface area contributed by atoms with Gasteiger partial charge in [0.15, 0.2) is 6.10 Å². The number of amides is 1. The minimum Gasteiger partial charge on any atom is -0.449 e. The first-order valence-corrected chi connectivity index (χ1v) is 7.72. The molecule has 1 atom stereocenters. The molecule has 0 bridgehead atoms. The van der Waals surface area contributed by atoms with Crippen LogP contribution < -0.4 is 11.1 Å². The number of halogens is 3. The molecule has 7 nitrogen and oxygen atoms in total. The number of anilines is 2. The molecule has 0 spiro atoms. The average molecular weight is 393 g/mol. The predicted molar refractivity (Wildman–Crippen MR) is 90.6 cm³/mol.